The zero-order chi connectivity index (χ0) is 9.97. The van der Waals surface area contributed by atoms with E-state index in [-0.39, 0.29) is 0 Å². The molecule has 0 saturated carbocycles. The van der Waals surface area contributed by atoms with E-state index in [4.69, 9.17) is 4.74 Å². The number of ether oxygens (including phenoxy) is 1. The fourth-order valence-electron chi connectivity index (χ4n) is 1.43. The van der Waals surface area contributed by atoms with Crippen LogP contribution in [-0.4, -0.2) is 7.11 Å². The lowest BCUT2D eigenvalue weighted by molar-refractivity contribution is 0.418. The maximum absolute atomic E-state index is 5.33. The first kappa shape index (κ1) is 9.28. The van der Waals surface area contributed by atoms with Crippen LogP contribution in [0.1, 0.15) is 4.88 Å². The zero-order valence-electron chi connectivity index (χ0n) is 8.28. The van der Waals surface area contributed by atoms with Crippen LogP contribution in [0.25, 0.3) is 10.4 Å². The van der Waals surface area contributed by atoms with Crippen molar-refractivity contribution in [3.63, 3.8) is 0 Å². The normalized spacial score (nSPS) is 10.1. The Bertz CT molecular complexity index is 417. The van der Waals surface area contributed by atoms with Gasteiger partial charge in [-0.1, -0.05) is 30.3 Å². The summed E-state index contributed by atoms with van der Waals surface area (Å²) in [6.45, 7) is 2.10. The van der Waals surface area contributed by atoms with Crippen LogP contribution in [0.2, 0.25) is 0 Å². The molecule has 0 atom stereocenters. The number of hydrogen-bond acceptors (Lipinski definition) is 2. The van der Waals surface area contributed by atoms with Gasteiger partial charge in [-0.2, -0.15) is 0 Å². The molecule has 0 aliphatic heterocycles. The molecule has 0 aliphatic carbocycles. The molecule has 0 fully saturated rings. The fraction of sp³-hybridized carbons (Fsp3) is 0.167. The van der Waals surface area contributed by atoms with E-state index in [2.05, 4.69) is 25.1 Å². The summed E-state index contributed by atoms with van der Waals surface area (Å²) in [5, 5.41) is 0. The van der Waals surface area contributed by atoms with Crippen molar-refractivity contribution in [3.8, 4) is 16.2 Å². The Hall–Kier alpha value is -1.28. The fourth-order valence-corrected chi connectivity index (χ4v) is 2.42. The van der Waals surface area contributed by atoms with Crippen molar-refractivity contribution in [3.05, 3.63) is 41.3 Å². The highest BCUT2D eigenvalue weighted by molar-refractivity contribution is 7.15. The first-order chi connectivity index (χ1) is 6.81. The van der Waals surface area contributed by atoms with E-state index in [1.807, 2.05) is 18.2 Å². The molecule has 0 radical (unpaired) electrons. The molecular weight excluding hydrogens is 192 g/mol. The van der Waals surface area contributed by atoms with Gasteiger partial charge in [-0.3, -0.25) is 0 Å². The summed E-state index contributed by atoms with van der Waals surface area (Å²) in [6, 6.07) is 12.4. The topological polar surface area (TPSA) is 9.23 Å². The molecule has 0 N–H and O–H groups in total. The molecule has 1 heterocycles. The van der Waals surface area contributed by atoms with Crippen LogP contribution in [-0.2, 0) is 0 Å². The van der Waals surface area contributed by atoms with Crippen LogP contribution in [0, 0.1) is 6.92 Å². The van der Waals surface area contributed by atoms with Crippen molar-refractivity contribution in [1.29, 1.82) is 0 Å². The summed E-state index contributed by atoms with van der Waals surface area (Å²) in [4.78, 5) is 2.49. The number of methoxy groups -OCH3 is 1. The molecule has 1 nitrogen and oxygen atoms in total. The van der Waals surface area contributed by atoms with Gasteiger partial charge in [0.15, 0.2) is 0 Å². The second-order valence-corrected chi connectivity index (χ2v) is 4.38. The van der Waals surface area contributed by atoms with Gasteiger partial charge in [0.2, 0.25) is 0 Å². The van der Waals surface area contributed by atoms with Gasteiger partial charge < -0.3 is 4.74 Å². The van der Waals surface area contributed by atoms with E-state index >= 15 is 0 Å². The maximum atomic E-state index is 5.33. The quantitative estimate of drug-likeness (QED) is 0.724. The van der Waals surface area contributed by atoms with Crippen LogP contribution in [0.3, 0.4) is 0 Å². The van der Waals surface area contributed by atoms with Gasteiger partial charge in [0, 0.05) is 4.88 Å². The van der Waals surface area contributed by atoms with Crippen molar-refractivity contribution in [2.45, 2.75) is 6.92 Å². The van der Waals surface area contributed by atoms with Crippen molar-refractivity contribution >= 4 is 11.3 Å². The average Bonchev–Trinajstić information content (AvgIpc) is 2.61. The third-order valence-electron chi connectivity index (χ3n) is 2.08. The number of benzene rings is 1. The highest BCUT2D eigenvalue weighted by Crippen LogP contribution is 2.37. The van der Waals surface area contributed by atoms with E-state index in [0.717, 1.165) is 5.75 Å². The Balaban J connectivity index is 2.51. The molecule has 2 aromatic rings. The Morgan fingerprint density at radius 3 is 2.50 bits per heavy atom. The van der Waals surface area contributed by atoms with E-state index < -0.39 is 0 Å². The lowest BCUT2D eigenvalue weighted by atomic mass is 10.2. The van der Waals surface area contributed by atoms with Crippen LogP contribution >= 0.6 is 11.3 Å². The van der Waals surface area contributed by atoms with E-state index in [1.54, 1.807) is 18.4 Å². The molecule has 0 bridgehead atoms. The van der Waals surface area contributed by atoms with Crippen LogP contribution < -0.4 is 4.74 Å². The molecule has 0 amide bonds. The van der Waals surface area contributed by atoms with Crippen molar-refractivity contribution < 1.29 is 4.74 Å². The Morgan fingerprint density at radius 1 is 1.14 bits per heavy atom. The standard InChI is InChI=1S/C12H12OS/c1-9-8-11(13-2)12(14-9)10-6-4-3-5-7-10/h3-8H,1-2H3. The highest BCUT2D eigenvalue weighted by atomic mass is 32.1. The van der Waals surface area contributed by atoms with Gasteiger partial charge in [-0.15, -0.1) is 11.3 Å². The van der Waals surface area contributed by atoms with Gasteiger partial charge in [-0.05, 0) is 18.6 Å². The van der Waals surface area contributed by atoms with Crippen molar-refractivity contribution in [2.75, 3.05) is 7.11 Å². The summed E-state index contributed by atoms with van der Waals surface area (Å²) >= 11 is 1.77. The van der Waals surface area contributed by atoms with Crippen LogP contribution in [0.4, 0.5) is 0 Å². The van der Waals surface area contributed by atoms with Crippen LogP contribution in [0.15, 0.2) is 36.4 Å². The summed E-state index contributed by atoms with van der Waals surface area (Å²) in [6.07, 6.45) is 0. The first-order valence-corrected chi connectivity index (χ1v) is 5.33. The minimum absolute atomic E-state index is 0.971. The van der Waals surface area contributed by atoms with Crippen molar-refractivity contribution in [2.24, 2.45) is 0 Å². The van der Waals surface area contributed by atoms with Gasteiger partial charge in [0.05, 0.1) is 12.0 Å². The molecule has 0 unspecified atom stereocenters. The summed E-state index contributed by atoms with van der Waals surface area (Å²) < 4.78 is 5.33. The van der Waals surface area contributed by atoms with Gasteiger partial charge in [0.25, 0.3) is 0 Å². The third-order valence-corrected chi connectivity index (χ3v) is 3.16. The minimum atomic E-state index is 0.971. The lowest BCUT2D eigenvalue weighted by Gasteiger charge is -2.01. The van der Waals surface area contributed by atoms with E-state index in [1.165, 1.54) is 15.3 Å². The Morgan fingerprint density at radius 2 is 1.86 bits per heavy atom. The first-order valence-electron chi connectivity index (χ1n) is 4.51. The molecule has 0 spiro atoms. The number of thiophene rings is 1. The summed E-state index contributed by atoms with van der Waals surface area (Å²) in [5.41, 5.74) is 1.22. The summed E-state index contributed by atoms with van der Waals surface area (Å²) in [7, 11) is 1.72. The van der Waals surface area contributed by atoms with E-state index in [9.17, 15) is 0 Å². The van der Waals surface area contributed by atoms with Gasteiger partial charge >= 0.3 is 0 Å². The maximum Gasteiger partial charge on any atom is 0.137 e. The second-order valence-electron chi connectivity index (χ2n) is 3.12. The molecule has 72 valence electrons. The van der Waals surface area contributed by atoms with Gasteiger partial charge in [0.1, 0.15) is 5.75 Å². The Labute approximate surface area is 88.0 Å². The lowest BCUT2D eigenvalue weighted by Crippen LogP contribution is -1.81. The molecule has 2 rings (SSSR count). The number of rotatable bonds is 2. The minimum Gasteiger partial charge on any atom is -0.495 e. The predicted octanol–water partition coefficient (Wildman–Crippen LogP) is 3.73. The highest BCUT2D eigenvalue weighted by Gasteiger charge is 2.08. The number of hydrogen-bond donors (Lipinski definition) is 0. The molecule has 2 heteroatoms. The molecule has 1 aromatic heterocycles. The smallest absolute Gasteiger partial charge is 0.137 e. The molecule has 0 aliphatic rings. The SMILES string of the molecule is COc1cc(C)sc1-c1ccccc1. The number of aryl methyl sites for hydroxylation is 1. The average molecular weight is 204 g/mol. The third kappa shape index (κ3) is 1.66. The monoisotopic (exact) mass is 204 g/mol. The summed E-state index contributed by atoms with van der Waals surface area (Å²) in [5.74, 6) is 0.971. The zero-order valence-corrected chi connectivity index (χ0v) is 9.10. The molecule has 0 saturated heterocycles. The Kier molecular flexibility index (Phi) is 2.55. The molecular formula is C12H12OS. The predicted molar refractivity (Wildman–Crippen MR) is 61.0 cm³/mol. The van der Waals surface area contributed by atoms with Crippen molar-refractivity contribution in [1.82, 2.24) is 0 Å². The molecule has 1 aromatic carbocycles. The molecule has 14 heavy (non-hydrogen) atoms. The van der Waals surface area contributed by atoms with Gasteiger partial charge in [-0.25, -0.2) is 0 Å². The largest absolute Gasteiger partial charge is 0.495 e. The second kappa shape index (κ2) is 3.84. The van der Waals surface area contributed by atoms with Crippen LogP contribution in [0.5, 0.6) is 5.75 Å². The van der Waals surface area contributed by atoms with E-state index in [0.29, 0.717) is 0 Å².